The molecule has 0 aliphatic carbocycles. The van der Waals surface area contributed by atoms with Crippen LogP contribution in [0.1, 0.15) is 10.4 Å². The van der Waals surface area contributed by atoms with Gasteiger partial charge < -0.3 is 4.57 Å². The fourth-order valence-electron chi connectivity index (χ4n) is 1.48. The molecule has 0 spiro atoms. The Hall–Kier alpha value is -1.32. The Kier molecular flexibility index (Phi) is 3.82. The third-order valence-electron chi connectivity index (χ3n) is 2.32. The number of ketones is 1. The van der Waals surface area contributed by atoms with Crippen molar-refractivity contribution in [2.75, 3.05) is 0 Å². The van der Waals surface area contributed by atoms with Gasteiger partial charge in [-0.1, -0.05) is 41.9 Å². The number of aromatic nitrogens is 2. The first-order valence-electron chi connectivity index (χ1n) is 5.07. The molecule has 0 bridgehead atoms. The molecule has 3 nitrogen and oxygen atoms in total. The molecule has 1 heterocycles. The average Bonchev–Trinajstić information content (AvgIpc) is 2.75. The number of halogens is 2. The van der Waals surface area contributed by atoms with Crippen LogP contribution in [0.15, 0.2) is 42.9 Å². The van der Waals surface area contributed by atoms with Gasteiger partial charge in [-0.2, -0.15) is 0 Å². The molecule has 5 heteroatoms. The van der Waals surface area contributed by atoms with Gasteiger partial charge in [0.1, 0.15) is 10.5 Å². The summed E-state index contributed by atoms with van der Waals surface area (Å²) < 4.78 is 1.70. The Morgan fingerprint density at radius 1 is 1.35 bits per heavy atom. The fraction of sp³-hybridized carbons (Fsp3) is 0.167. The Morgan fingerprint density at radius 3 is 2.65 bits per heavy atom. The van der Waals surface area contributed by atoms with Gasteiger partial charge in [-0.05, 0) is 0 Å². The molecule has 17 heavy (non-hydrogen) atoms. The molecule has 1 aromatic carbocycles. The van der Waals surface area contributed by atoms with E-state index in [-0.39, 0.29) is 5.78 Å². The van der Waals surface area contributed by atoms with Gasteiger partial charge >= 0.3 is 0 Å². The van der Waals surface area contributed by atoms with Crippen LogP contribution in [0.4, 0.5) is 0 Å². The van der Waals surface area contributed by atoms with Gasteiger partial charge in [0.05, 0.1) is 6.33 Å². The Bertz CT molecular complexity index is 510. The van der Waals surface area contributed by atoms with E-state index < -0.39 is 5.38 Å². The maximum absolute atomic E-state index is 12.0. The summed E-state index contributed by atoms with van der Waals surface area (Å²) in [5.74, 6) is -0.0999. The molecule has 0 N–H and O–H groups in total. The number of benzene rings is 1. The van der Waals surface area contributed by atoms with Gasteiger partial charge in [-0.3, -0.25) is 4.79 Å². The lowest BCUT2D eigenvalue weighted by molar-refractivity contribution is 0.0981. The van der Waals surface area contributed by atoms with E-state index in [0.29, 0.717) is 17.3 Å². The zero-order valence-corrected chi connectivity index (χ0v) is 10.4. The number of hydrogen-bond donors (Lipinski definition) is 0. The summed E-state index contributed by atoms with van der Waals surface area (Å²) in [6.45, 7) is 0.356. The SMILES string of the molecule is O=C(c1ccccc1)C(Cl)Cn1cnc(Cl)c1. The van der Waals surface area contributed by atoms with Crippen molar-refractivity contribution in [3.05, 3.63) is 53.6 Å². The van der Waals surface area contributed by atoms with Crippen molar-refractivity contribution in [3.8, 4) is 0 Å². The summed E-state index contributed by atoms with van der Waals surface area (Å²) in [5.41, 5.74) is 0.610. The van der Waals surface area contributed by atoms with Crippen LogP contribution in [0, 0.1) is 0 Å². The molecule has 2 rings (SSSR count). The topological polar surface area (TPSA) is 34.9 Å². The maximum Gasteiger partial charge on any atom is 0.182 e. The molecule has 0 aliphatic rings. The molecule has 0 aliphatic heterocycles. The zero-order chi connectivity index (χ0) is 12.3. The number of hydrogen-bond acceptors (Lipinski definition) is 2. The van der Waals surface area contributed by atoms with Crippen molar-refractivity contribution in [1.29, 1.82) is 0 Å². The number of rotatable bonds is 4. The van der Waals surface area contributed by atoms with E-state index in [1.165, 1.54) is 0 Å². The third-order valence-corrected chi connectivity index (χ3v) is 2.85. The molecular formula is C12H10Cl2N2O. The first-order valence-corrected chi connectivity index (χ1v) is 5.89. The molecular weight excluding hydrogens is 259 g/mol. The normalized spacial score (nSPS) is 12.4. The van der Waals surface area contributed by atoms with Crippen LogP contribution in [0.2, 0.25) is 5.15 Å². The zero-order valence-electron chi connectivity index (χ0n) is 8.88. The summed E-state index contributed by atoms with van der Waals surface area (Å²) in [6.07, 6.45) is 3.19. The van der Waals surface area contributed by atoms with Crippen LogP contribution in [-0.4, -0.2) is 20.7 Å². The molecule has 0 saturated heterocycles. The van der Waals surface area contributed by atoms with Crippen molar-refractivity contribution in [3.63, 3.8) is 0 Å². The van der Waals surface area contributed by atoms with E-state index in [9.17, 15) is 4.79 Å². The molecule has 2 aromatic rings. The second kappa shape index (κ2) is 5.34. The quantitative estimate of drug-likeness (QED) is 0.631. The second-order valence-electron chi connectivity index (χ2n) is 3.59. The minimum atomic E-state index is -0.623. The number of imidazole rings is 1. The summed E-state index contributed by atoms with van der Waals surface area (Å²) in [6, 6.07) is 8.97. The minimum Gasteiger partial charge on any atom is -0.334 e. The highest BCUT2D eigenvalue weighted by Gasteiger charge is 2.17. The minimum absolute atomic E-state index is 0.0999. The van der Waals surface area contributed by atoms with Gasteiger partial charge in [0, 0.05) is 18.3 Å². The molecule has 0 saturated carbocycles. The molecule has 0 amide bonds. The number of nitrogens with zero attached hydrogens (tertiary/aromatic N) is 2. The van der Waals surface area contributed by atoms with Crippen LogP contribution in [0.3, 0.4) is 0 Å². The average molecular weight is 269 g/mol. The van der Waals surface area contributed by atoms with Crippen LogP contribution in [0.5, 0.6) is 0 Å². The van der Waals surface area contributed by atoms with E-state index in [2.05, 4.69) is 4.98 Å². The van der Waals surface area contributed by atoms with Gasteiger partial charge in [-0.25, -0.2) is 4.98 Å². The van der Waals surface area contributed by atoms with Gasteiger partial charge in [-0.15, -0.1) is 11.6 Å². The number of carbonyl (C=O) groups is 1. The van der Waals surface area contributed by atoms with Gasteiger partial charge in [0.15, 0.2) is 5.78 Å². The monoisotopic (exact) mass is 268 g/mol. The van der Waals surface area contributed by atoms with Crippen LogP contribution >= 0.6 is 23.2 Å². The van der Waals surface area contributed by atoms with Crippen LogP contribution in [-0.2, 0) is 6.54 Å². The second-order valence-corrected chi connectivity index (χ2v) is 4.51. The van der Waals surface area contributed by atoms with Crippen molar-refractivity contribution in [2.24, 2.45) is 0 Å². The van der Waals surface area contributed by atoms with E-state index >= 15 is 0 Å². The van der Waals surface area contributed by atoms with E-state index in [1.54, 1.807) is 29.2 Å². The van der Waals surface area contributed by atoms with Crippen molar-refractivity contribution in [1.82, 2.24) is 9.55 Å². The summed E-state index contributed by atoms with van der Waals surface area (Å²) in [4.78, 5) is 15.8. The maximum atomic E-state index is 12.0. The highest BCUT2D eigenvalue weighted by Crippen LogP contribution is 2.12. The van der Waals surface area contributed by atoms with Crippen molar-refractivity contribution >= 4 is 29.0 Å². The smallest absolute Gasteiger partial charge is 0.182 e. The molecule has 1 unspecified atom stereocenters. The highest BCUT2D eigenvalue weighted by atomic mass is 35.5. The van der Waals surface area contributed by atoms with Gasteiger partial charge in [0.25, 0.3) is 0 Å². The lowest BCUT2D eigenvalue weighted by atomic mass is 10.1. The van der Waals surface area contributed by atoms with Gasteiger partial charge in [0.2, 0.25) is 0 Å². The molecule has 0 radical (unpaired) electrons. The van der Waals surface area contributed by atoms with E-state index in [1.807, 2.05) is 18.2 Å². The Morgan fingerprint density at radius 2 is 2.06 bits per heavy atom. The summed E-state index contributed by atoms with van der Waals surface area (Å²) >= 11 is 11.7. The number of carbonyl (C=O) groups excluding carboxylic acids is 1. The number of alkyl halides is 1. The molecule has 88 valence electrons. The lowest BCUT2D eigenvalue weighted by Crippen LogP contribution is -2.20. The fourth-order valence-corrected chi connectivity index (χ4v) is 1.94. The molecule has 1 aromatic heterocycles. The number of Topliss-reactive ketones (excluding diaryl/α,β-unsaturated/α-hetero) is 1. The predicted molar refractivity (Wildman–Crippen MR) is 67.7 cm³/mol. The first-order chi connectivity index (χ1) is 8.16. The van der Waals surface area contributed by atoms with E-state index in [0.717, 1.165) is 0 Å². The predicted octanol–water partition coefficient (Wildman–Crippen LogP) is 3.03. The first kappa shape index (κ1) is 12.1. The van der Waals surface area contributed by atoms with Crippen LogP contribution < -0.4 is 0 Å². The van der Waals surface area contributed by atoms with E-state index in [4.69, 9.17) is 23.2 Å². The molecule has 1 atom stereocenters. The highest BCUT2D eigenvalue weighted by molar-refractivity contribution is 6.33. The standard InChI is InChI=1S/C12H10Cl2N2O/c13-10(6-16-7-11(14)15-8-16)12(17)9-4-2-1-3-5-9/h1-5,7-8,10H,6H2. The Balaban J connectivity index is 2.06. The largest absolute Gasteiger partial charge is 0.334 e. The van der Waals surface area contributed by atoms with Crippen molar-refractivity contribution < 1.29 is 4.79 Å². The Labute approximate surface area is 109 Å². The lowest BCUT2D eigenvalue weighted by Gasteiger charge is -2.08. The summed E-state index contributed by atoms with van der Waals surface area (Å²) in [5, 5.41) is -0.233. The van der Waals surface area contributed by atoms with Crippen LogP contribution in [0.25, 0.3) is 0 Å². The summed E-state index contributed by atoms with van der Waals surface area (Å²) in [7, 11) is 0. The van der Waals surface area contributed by atoms with Crippen molar-refractivity contribution in [2.45, 2.75) is 11.9 Å². The molecule has 0 fully saturated rings. The third kappa shape index (κ3) is 3.08.